The van der Waals surface area contributed by atoms with Crippen molar-refractivity contribution in [3.05, 3.63) is 77.1 Å². The third-order valence-corrected chi connectivity index (χ3v) is 7.72. The van der Waals surface area contributed by atoms with E-state index < -0.39 is 15.9 Å². The van der Waals surface area contributed by atoms with Gasteiger partial charge >= 0.3 is 0 Å². The standard InChI is InChI=1S/C21H18N4O4S2/c26-12-17(14-4-2-1-3-5-14)21(27)24-9-15-10-25(23-19(15)11-24)31(28,29)16-6-7-18-20(8-16)30-13-22-18/h1-8,10,13,17,26H,9,11-12H2. The van der Waals surface area contributed by atoms with Gasteiger partial charge in [-0.05, 0) is 23.8 Å². The molecule has 2 aromatic carbocycles. The van der Waals surface area contributed by atoms with E-state index >= 15 is 0 Å². The number of hydrogen-bond donors (Lipinski definition) is 1. The van der Waals surface area contributed by atoms with E-state index in [1.54, 1.807) is 34.7 Å². The van der Waals surface area contributed by atoms with Gasteiger partial charge in [0.25, 0.3) is 10.0 Å². The fraction of sp³-hybridized carbons (Fsp3) is 0.190. The highest BCUT2D eigenvalue weighted by atomic mass is 32.2. The Bertz CT molecular complexity index is 1360. The minimum Gasteiger partial charge on any atom is -0.395 e. The molecule has 1 amide bonds. The average molecular weight is 455 g/mol. The number of fused-ring (bicyclic) bond motifs is 2. The van der Waals surface area contributed by atoms with E-state index in [9.17, 15) is 18.3 Å². The summed E-state index contributed by atoms with van der Waals surface area (Å²) < 4.78 is 27.8. The molecular weight excluding hydrogens is 436 g/mol. The number of rotatable bonds is 5. The highest BCUT2D eigenvalue weighted by molar-refractivity contribution is 7.89. The first-order valence-electron chi connectivity index (χ1n) is 9.58. The summed E-state index contributed by atoms with van der Waals surface area (Å²) in [4.78, 5) is 18.9. The Balaban J connectivity index is 1.38. The van der Waals surface area contributed by atoms with Crippen molar-refractivity contribution in [3.8, 4) is 0 Å². The van der Waals surface area contributed by atoms with Gasteiger partial charge < -0.3 is 10.0 Å². The number of aromatic nitrogens is 3. The minimum absolute atomic E-state index is 0.141. The number of benzene rings is 2. The summed E-state index contributed by atoms with van der Waals surface area (Å²) >= 11 is 1.37. The second-order valence-corrected chi connectivity index (χ2v) is 9.98. The smallest absolute Gasteiger partial charge is 0.283 e. The number of aliphatic hydroxyl groups excluding tert-OH is 1. The van der Waals surface area contributed by atoms with Crippen LogP contribution in [0.3, 0.4) is 0 Å². The Morgan fingerprint density at radius 1 is 1.16 bits per heavy atom. The van der Waals surface area contributed by atoms with Crippen molar-refractivity contribution in [3.63, 3.8) is 0 Å². The maximum atomic E-state index is 13.0. The first-order chi connectivity index (χ1) is 15.0. The first-order valence-corrected chi connectivity index (χ1v) is 11.9. The zero-order chi connectivity index (χ0) is 21.6. The Labute approximate surface area is 182 Å². The van der Waals surface area contributed by atoms with Crippen LogP contribution >= 0.6 is 11.3 Å². The van der Waals surface area contributed by atoms with Gasteiger partial charge in [-0.2, -0.15) is 17.6 Å². The molecule has 0 saturated heterocycles. The van der Waals surface area contributed by atoms with Crippen molar-refractivity contribution in [1.82, 2.24) is 19.1 Å². The third kappa shape index (κ3) is 3.42. The van der Waals surface area contributed by atoms with Crippen molar-refractivity contribution in [2.45, 2.75) is 23.9 Å². The molecule has 10 heteroatoms. The summed E-state index contributed by atoms with van der Waals surface area (Å²) in [6, 6.07) is 13.9. The van der Waals surface area contributed by atoms with Crippen LogP contribution in [0, 0.1) is 0 Å². The van der Waals surface area contributed by atoms with Gasteiger partial charge in [0.1, 0.15) is 0 Å². The van der Waals surface area contributed by atoms with Crippen LogP contribution < -0.4 is 0 Å². The molecule has 2 aromatic heterocycles. The number of thiazole rings is 1. The first kappa shape index (κ1) is 19.9. The molecule has 0 spiro atoms. The van der Waals surface area contributed by atoms with Gasteiger partial charge in [0.2, 0.25) is 5.91 Å². The Morgan fingerprint density at radius 2 is 1.97 bits per heavy atom. The molecule has 1 aliphatic heterocycles. The molecule has 1 unspecified atom stereocenters. The Kier molecular flexibility index (Phi) is 4.84. The van der Waals surface area contributed by atoms with E-state index in [2.05, 4.69) is 10.1 Å². The van der Waals surface area contributed by atoms with Gasteiger partial charge in [0.15, 0.2) is 0 Å². The Morgan fingerprint density at radius 3 is 2.71 bits per heavy atom. The van der Waals surface area contributed by atoms with Crippen LogP contribution in [-0.2, 0) is 27.9 Å². The zero-order valence-corrected chi connectivity index (χ0v) is 17.9. The van der Waals surface area contributed by atoms with Gasteiger partial charge in [0.05, 0.1) is 45.4 Å². The molecule has 4 aromatic rings. The SMILES string of the molecule is O=C(C(CO)c1ccccc1)N1Cc2cn(S(=O)(=O)c3ccc4ncsc4c3)nc2C1. The van der Waals surface area contributed by atoms with Crippen LogP contribution in [-0.4, -0.2) is 45.1 Å². The van der Waals surface area contributed by atoms with Crippen LogP contribution in [0.1, 0.15) is 22.7 Å². The lowest BCUT2D eigenvalue weighted by Gasteiger charge is -2.22. The highest BCUT2D eigenvalue weighted by Gasteiger charge is 2.33. The van der Waals surface area contributed by atoms with E-state index in [1.165, 1.54) is 23.6 Å². The molecule has 1 atom stereocenters. The van der Waals surface area contributed by atoms with Gasteiger partial charge in [-0.1, -0.05) is 30.3 Å². The molecule has 0 bridgehead atoms. The summed E-state index contributed by atoms with van der Waals surface area (Å²) in [7, 11) is -3.85. The monoisotopic (exact) mass is 454 g/mol. The van der Waals surface area contributed by atoms with E-state index in [1.807, 2.05) is 18.2 Å². The minimum atomic E-state index is -3.85. The predicted octanol–water partition coefficient (Wildman–Crippen LogP) is 2.35. The maximum absolute atomic E-state index is 13.0. The molecule has 0 aliphatic carbocycles. The topological polar surface area (TPSA) is 105 Å². The molecule has 1 aliphatic rings. The van der Waals surface area contributed by atoms with Gasteiger partial charge in [-0.3, -0.25) is 4.79 Å². The molecule has 158 valence electrons. The molecular formula is C21H18N4O4S2. The number of hydrogen-bond acceptors (Lipinski definition) is 7. The average Bonchev–Trinajstić information content (AvgIpc) is 3.49. The second kappa shape index (κ2) is 7.56. The quantitative estimate of drug-likeness (QED) is 0.496. The van der Waals surface area contributed by atoms with E-state index in [-0.39, 0.29) is 30.5 Å². The molecule has 0 fully saturated rings. The predicted molar refractivity (Wildman–Crippen MR) is 115 cm³/mol. The van der Waals surface area contributed by atoms with Crippen molar-refractivity contribution in [2.75, 3.05) is 6.61 Å². The lowest BCUT2D eigenvalue weighted by Crippen LogP contribution is -2.33. The number of amides is 1. The van der Waals surface area contributed by atoms with Crippen LogP contribution in [0.15, 0.2) is 65.1 Å². The lowest BCUT2D eigenvalue weighted by atomic mass is 9.98. The second-order valence-electron chi connectivity index (χ2n) is 7.30. The van der Waals surface area contributed by atoms with Crippen LogP contribution in [0.4, 0.5) is 0 Å². The number of nitrogens with zero attached hydrogens (tertiary/aromatic N) is 4. The van der Waals surface area contributed by atoms with Crippen LogP contribution in [0.5, 0.6) is 0 Å². The number of carbonyl (C=O) groups is 1. The van der Waals surface area contributed by atoms with Crippen LogP contribution in [0.2, 0.25) is 0 Å². The van der Waals surface area contributed by atoms with Crippen molar-refractivity contribution < 1.29 is 18.3 Å². The van der Waals surface area contributed by atoms with Gasteiger partial charge in [-0.15, -0.1) is 11.3 Å². The largest absolute Gasteiger partial charge is 0.395 e. The lowest BCUT2D eigenvalue weighted by molar-refractivity contribution is -0.134. The van der Waals surface area contributed by atoms with Gasteiger partial charge in [0, 0.05) is 18.3 Å². The molecule has 31 heavy (non-hydrogen) atoms. The Hall–Kier alpha value is -3.08. The third-order valence-electron chi connectivity index (χ3n) is 5.40. The molecule has 8 nitrogen and oxygen atoms in total. The van der Waals surface area contributed by atoms with E-state index in [0.717, 1.165) is 19.9 Å². The number of aliphatic hydroxyl groups is 1. The number of carbonyl (C=O) groups excluding carboxylic acids is 1. The van der Waals surface area contributed by atoms with Crippen molar-refractivity contribution in [1.29, 1.82) is 0 Å². The van der Waals surface area contributed by atoms with E-state index in [0.29, 0.717) is 11.3 Å². The molecule has 5 rings (SSSR count). The van der Waals surface area contributed by atoms with Gasteiger partial charge in [-0.25, -0.2) is 4.98 Å². The van der Waals surface area contributed by atoms with Crippen molar-refractivity contribution >= 4 is 37.5 Å². The zero-order valence-electron chi connectivity index (χ0n) is 16.2. The van der Waals surface area contributed by atoms with E-state index in [4.69, 9.17) is 0 Å². The fourth-order valence-electron chi connectivity index (χ4n) is 3.74. The summed E-state index contributed by atoms with van der Waals surface area (Å²) in [5.74, 6) is -0.871. The molecule has 0 saturated carbocycles. The summed E-state index contributed by atoms with van der Waals surface area (Å²) in [5.41, 5.74) is 4.38. The molecule has 0 radical (unpaired) electrons. The summed E-state index contributed by atoms with van der Waals surface area (Å²) in [6.45, 7) is 0.153. The van der Waals surface area contributed by atoms with Crippen LogP contribution in [0.25, 0.3) is 10.2 Å². The molecule has 3 heterocycles. The maximum Gasteiger partial charge on any atom is 0.283 e. The summed E-state index contributed by atoms with van der Waals surface area (Å²) in [6.07, 6.45) is 1.46. The fourth-order valence-corrected chi connectivity index (χ4v) is 5.73. The highest BCUT2D eigenvalue weighted by Crippen LogP contribution is 2.28. The normalized spacial score (nSPS) is 14.7. The summed E-state index contributed by atoms with van der Waals surface area (Å²) in [5, 5.41) is 14.0. The molecule has 1 N–H and O–H groups in total. The van der Waals surface area contributed by atoms with Crippen molar-refractivity contribution in [2.24, 2.45) is 0 Å².